The van der Waals surface area contributed by atoms with Crippen molar-refractivity contribution >= 4 is 19.8 Å². The molecule has 0 heterocycles. The summed E-state index contributed by atoms with van der Waals surface area (Å²) < 4.78 is 33.2. The molecule has 0 spiro atoms. The number of hydrogen-bond acceptors (Lipinski definition) is 8. The van der Waals surface area contributed by atoms with Gasteiger partial charge in [-0.15, -0.1) is 0 Å². The van der Waals surface area contributed by atoms with E-state index in [-0.39, 0.29) is 13.0 Å². The Balaban J connectivity index is 4.39. The lowest BCUT2D eigenvalue weighted by Gasteiger charge is -2.20. The van der Waals surface area contributed by atoms with Crippen molar-refractivity contribution in [2.24, 2.45) is 5.73 Å². The number of carbonyl (C=O) groups excluding carboxylic acids is 1. The van der Waals surface area contributed by atoms with Gasteiger partial charge in [0.1, 0.15) is 12.1 Å². The second-order valence-corrected chi connectivity index (χ2v) is 14.5. The number of carboxylic acid groups (broad SMARTS) is 1. The fourth-order valence-electron chi connectivity index (χ4n) is 4.95. The van der Waals surface area contributed by atoms with Crippen molar-refractivity contribution in [1.82, 2.24) is 0 Å². The van der Waals surface area contributed by atoms with Gasteiger partial charge in [0.25, 0.3) is 0 Å². The number of aliphatic carboxylic acids is 1. The molecular formula is C41H72NO9P. The second-order valence-electron chi connectivity index (χ2n) is 13.0. The van der Waals surface area contributed by atoms with E-state index in [1.807, 2.05) is 0 Å². The number of ether oxygens (including phenoxy) is 2. The lowest BCUT2D eigenvalue weighted by molar-refractivity contribution is -0.154. The summed E-state index contributed by atoms with van der Waals surface area (Å²) in [5.74, 6) is -1.82. The van der Waals surface area contributed by atoms with Gasteiger partial charge >= 0.3 is 19.8 Å². The number of carbonyl (C=O) groups is 2. The van der Waals surface area contributed by atoms with Crippen LogP contribution in [0, 0.1) is 0 Å². The molecule has 0 amide bonds. The topological polar surface area (TPSA) is 155 Å². The molecule has 0 aliphatic rings. The number of phosphoric ester groups is 1. The number of phosphoric acid groups is 1. The first-order valence-corrected chi connectivity index (χ1v) is 21.3. The average molecular weight is 754 g/mol. The Bertz CT molecular complexity index is 1060. The molecule has 0 radical (unpaired) electrons. The van der Waals surface area contributed by atoms with Crippen LogP contribution in [0.4, 0.5) is 0 Å². The van der Waals surface area contributed by atoms with Gasteiger partial charge in [-0.3, -0.25) is 18.6 Å². The third-order valence-electron chi connectivity index (χ3n) is 8.03. The molecule has 10 nitrogen and oxygen atoms in total. The largest absolute Gasteiger partial charge is 0.480 e. The number of hydrogen-bond donors (Lipinski definition) is 3. The average Bonchev–Trinajstić information content (AvgIpc) is 3.12. The van der Waals surface area contributed by atoms with Crippen molar-refractivity contribution in [1.29, 1.82) is 0 Å². The molecule has 3 unspecified atom stereocenters. The zero-order valence-corrected chi connectivity index (χ0v) is 33.3. The Kier molecular flexibility index (Phi) is 35.3. The lowest BCUT2D eigenvalue weighted by Crippen LogP contribution is -2.34. The molecule has 4 N–H and O–H groups in total. The number of rotatable bonds is 37. The van der Waals surface area contributed by atoms with E-state index in [4.69, 9.17) is 24.8 Å². The third kappa shape index (κ3) is 36.0. The number of carboxylic acids is 1. The maximum atomic E-state index is 12.6. The first-order chi connectivity index (χ1) is 25.2. The van der Waals surface area contributed by atoms with Gasteiger partial charge in [0.15, 0.2) is 0 Å². The van der Waals surface area contributed by atoms with Crippen LogP contribution in [0.2, 0.25) is 0 Å². The minimum absolute atomic E-state index is 0.0267. The zero-order chi connectivity index (χ0) is 38.4. The van der Waals surface area contributed by atoms with Crippen LogP contribution in [0.3, 0.4) is 0 Å². The Morgan fingerprint density at radius 3 is 1.69 bits per heavy atom. The van der Waals surface area contributed by atoms with Crippen molar-refractivity contribution < 1.29 is 42.7 Å². The van der Waals surface area contributed by atoms with Crippen molar-refractivity contribution in [3.63, 3.8) is 0 Å². The van der Waals surface area contributed by atoms with Crippen molar-refractivity contribution in [2.75, 3.05) is 26.4 Å². The highest BCUT2D eigenvalue weighted by Crippen LogP contribution is 2.43. The lowest BCUT2D eigenvalue weighted by atomic mass is 10.1. The highest BCUT2D eigenvalue weighted by molar-refractivity contribution is 7.47. The maximum Gasteiger partial charge on any atom is 0.472 e. The van der Waals surface area contributed by atoms with Gasteiger partial charge in [0, 0.05) is 13.0 Å². The first kappa shape index (κ1) is 49.7. The number of nitrogens with two attached hydrogens (primary N) is 1. The molecule has 0 aromatic rings. The SMILES string of the molecule is CC/C=C\C/C=C\C/C=C\C/C=C\CCCOCC(COP(=O)(O)OCC(N)C(=O)O)OC(=O)CCCCCCC/C=C\CCCCCCCCC. The molecule has 0 saturated heterocycles. The van der Waals surface area contributed by atoms with Gasteiger partial charge in [-0.25, -0.2) is 4.57 Å². The quantitative estimate of drug-likeness (QED) is 0.0242. The molecule has 0 bridgehead atoms. The summed E-state index contributed by atoms with van der Waals surface area (Å²) in [5.41, 5.74) is 5.34. The van der Waals surface area contributed by atoms with E-state index in [1.54, 1.807) is 0 Å². The van der Waals surface area contributed by atoms with E-state index in [0.717, 1.165) is 70.6 Å². The number of esters is 1. The molecule has 52 heavy (non-hydrogen) atoms. The number of allylic oxidation sites excluding steroid dienone is 10. The van der Waals surface area contributed by atoms with Gasteiger partial charge in [-0.1, -0.05) is 132 Å². The van der Waals surface area contributed by atoms with Crippen LogP contribution in [-0.4, -0.2) is 60.5 Å². The van der Waals surface area contributed by atoms with Crippen LogP contribution >= 0.6 is 7.82 Å². The first-order valence-electron chi connectivity index (χ1n) is 19.8. The Morgan fingerprint density at radius 1 is 0.635 bits per heavy atom. The smallest absolute Gasteiger partial charge is 0.472 e. The normalized spacial score (nSPS) is 14.7. The third-order valence-corrected chi connectivity index (χ3v) is 8.98. The van der Waals surface area contributed by atoms with Crippen LogP contribution in [-0.2, 0) is 32.7 Å². The maximum absolute atomic E-state index is 12.6. The van der Waals surface area contributed by atoms with E-state index in [1.165, 1.54) is 51.4 Å². The predicted octanol–water partition coefficient (Wildman–Crippen LogP) is 10.5. The summed E-state index contributed by atoms with van der Waals surface area (Å²) >= 11 is 0. The monoisotopic (exact) mass is 753 g/mol. The molecule has 3 atom stereocenters. The molecule has 0 aliphatic carbocycles. The zero-order valence-electron chi connectivity index (χ0n) is 32.4. The fourth-order valence-corrected chi connectivity index (χ4v) is 5.73. The van der Waals surface area contributed by atoms with Gasteiger partial charge in [0.2, 0.25) is 0 Å². The van der Waals surface area contributed by atoms with Gasteiger partial charge < -0.3 is 25.2 Å². The molecule has 0 rings (SSSR count). The minimum Gasteiger partial charge on any atom is -0.480 e. The van der Waals surface area contributed by atoms with Crippen LogP contribution < -0.4 is 5.73 Å². The van der Waals surface area contributed by atoms with Crippen molar-refractivity contribution in [3.05, 3.63) is 60.8 Å². The Hall–Kier alpha value is -2.33. The molecule has 0 saturated carbocycles. The summed E-state index contributed by atoms with van der Waals surface area (Å²) in [5, 5.41) is 8.87. The molecule has 0 aromatic carbocycles. The molecule has 0 aromatic heterocycles. The summed E-state index contributed by atoms with van der Waals surface area (Å²) in [6.45, 7) is 3.58. The van der Waals surface area contributed by atoms with Gasteiger partial charge in [-0.05, 0) is 70.6 Å². The minimum atomic E-state index is -4.63. The predicted molar refractivity (Wildman–Crippen MR) is 212 cm³/mol. The summed E-state index contributed by atoms with van der Waals surface area (Å²) in [6.07, 6.45) is 42.9. The number of unbranched alkanes of at least 4 members (excludes halogenated alkanes) is 13. The van der Waals surface area contributed by atoms with Crippen molar-refractivity contribution in [2.45, 2.75) is 161 Å². The molecule has 300 valence electrons. The van der Waals surface area contributed by atoms with Gasteiger partial charge in [0.05, 0.1) is 19.8 Å². The summed E-state index contributed by atoms with van der Waals surface area (Å²) in [7, 11) is -4.63. The standard InChI is InChI=1S/C41H72NO9P/c1-3-5-7-9-11-13-15-17-19-20-21-23-25-27-29-31-33-40(43)51-38(36-49-52(46,47)50-37-39(42)41(44)45)35-48-34-32-30-28-26-24-22-18-16-14-12-10-8-6-4-2/h6,8,12,14,18-20,22,26,28,38-39H,3-5,7,9-11,13,15-17,21,23-25,27,29-37,42H2,1-2H3,(H,44,45)(H,46,47)/b8-6-,14-12-,20-19-,22-18-,28-26-. The highest BCUT2D eigenvalue weighted by Gasteiger charge is 2.27. The second kappa shape index (κ2) is 37.0. The van der Waals surface area contributed by atoms with E-state index in [2.05, 4.69) is 79.1 Å². The molecular weight excluding hydrogens is 681 g/mol. The highest BCUT2D eigenvalue weighted by atomic mass is 31.2. The van der Waals surface area contributed by atoms with Crippen LogP contribution in [0.5, 0.6) is 0 Å². The van der Waals surface area contributed by atoms with Crippen LogP contribution in [0.25, 0.3) is 0 Å². The van der Waals surface area contributed by atoms with Gasteiger partial charge in [-0.2, -0.15) is 0 Å². The summed E-state index contributed by atoms with van der Waals surface area (Å²) in [4.78, 5) is 33.4. The molecule has 0 aliphatic heterocycles. The van der Waals surface area contributed by atoms with E-state index < -0.39 is 45.1 Å². The van der Waals surface area contributed by atoms with E-state index >= 15 is 0 Å². The van der Waals surface area contributed by atoms with Crippen molar-refractivity contribution in [3.8, 4) is 0 Å². The van der Waals surface area contributed by atoms with E-state index in [9.17, 15) is 19.0 Å². The Morgan fingerprint density at radius 2 is 1.12 bits per heavy atom. The fraction of sp³-hybridized carbons (Fsp3) is 0.707. The van der Waals surface area contributed by atoms with Crippen LogP contribution in [0.1, 0.15) is 149 Å². The summed E-state index contributed by atoms with van der Waals surface area (Å²) in [6, 6.07) is -1.48. The molecule has 0 fully saturated rings. The van der Waals surface area contributed by atoms with Crippen LogP contribution in [0.15, 0.2) is 60.8 Å². The Labute approximate surface area is 315 Å². The van der Waals surface area contributed by atoms with E-state index in [0.29, 0.717) is 13.0 Å². The molecule has 11 heteroatoms.